The molecule has 1 aromatic heterocycles. The SMILES string of the molecule is CC(C)=CCNc1snc(N)c1C(=O)NC1CC1. The van der Waals surface area contributed by atoms with Crippen LogP contribution in [0.5, 0.6) is 0 Å². The number of carbonyl (C=O) groups excluding carboxylic acids is 1. The highest BCUT2D eigenvalue weighted by Gasteiger charge is 2.27. The molecule has 0 bridgehead atoms. The van der Waals surface area contributed by atoms with E-state index in [1.165, 1.54) is 17.1 Å². The molecule has 1 saturated carbocycles. The molecule has 0 aromatic carbocycles. The summed E-state index contributed by atoms with van der Waals surface area (Å²) in [6.45, 7) is 4.74. The summed E-state index contributed by atoms with van der Waals surface area (Å²) in [6.07, 6.45) is 4.17. The molecular formula is C12H18N4OS. The van der Waals surface area contributed by atoms with Gasteiger partial charge < -0.3 is 16.4 Å². The van der Waals surface area contributed by atoms with E-state index >= 15 is 0 Å². The monoisotopic (exact) mass is 266 g/mol. The van der Waals surface area contributed by atoms with E-state index in [2.05, 4.69) is 21.1 Å². The van der Waals surface area contributed by atoms with Crippen molar-refractivity contribution in [2.24, 2.45) is 0 Å². The van der Waals surface area contributed by atoms with Crippen LogP contribution in [-0.4, -0.2) is 22.9 Å². The van der Waals surface area contributed by atoms with E-state index in [0.29, 0.717) is 24.0 Å². The largest absolute Gasteiger partial charge is 0.382 e. The Morgan fingerprint density at radius 3 is 2.89 bits per heavy atom. The first-order valence-electron chi connectivity index (χ1n) is 6.01. The van der Waals surface area contributed by atoms with E-state index < -0.39 is 0 Å². The van der Waals surface area contributed by atoms with Crippen LogP contribution in [0, 0.1) is 0 Å². The molecule has 0 unspecified atom stereocenters. The molecule has 5 nitrogen and oxygen atoms in total. The number of nitrogens with zero attached hydrogens (tertiary/aromatic N) is 1. The van der Waals surface area contributed by atoms with Gasteiger partial charge in [-0.05, 0) is 38.2 Å². The minimum Gasteiger partial charge on any atom is -0.382 e. The van der Waals surface area contributed by atoms with Gasteiger partial charge in [0.05, 0.1) is 0 Å². The van der Waals surface area contributed by atoms with Gasteiger partial charge in [0.2, 0.25) is 0 Å². The van der Waals surface area contributed by atoms with Crippen molar-refractivity contribution in [1.29, 1.82) is 0 Å². The molecule has 1 aliphatic rings. The highest BCUT2D eigenvalue weighted by Crippen LogP contribution is 2.28. The molecule has 0 spiro atoms. The number of hydrogen-bond acceptors (Lipinski definition) is 5. The van der Waals surface area contributed by atoms with Crippen molar-refractivity contribution >= 4 is 28.3 Å². The average Bonchev–Trinajstić information content (AvgIpc) is 3.01. The summed E-state index contributed by atoms with van der Waals surface area (Å²) in [7, 11) is 0. The lowest BCUT2D eigenvalue weighted by atomic mass is 10.2. The van der Waals surface area contributed by atoms with Crippen LogP contribution in [0.25, 0.3) is 0 Å². The molecule has 1 fully saturated rings. The van der Waals surface area contributed by atoms with Crippen molar-refractivity contribution in [3.63, 3.8) is 0 Å². The van der Waals surface area contributed by atoms with Crippen LogP contribution in [-0.2, 0) is 0 Å². The van der Waals surface area contributed by atoms with Crippen molar-refractivity contribution in [3.05, 3.63) is 17.2 Å². The van der Waals surface area contributed by atoms with Gasteiger partial charge in [0.25, 0.3) is 5.91 Å². The van der Waals surface area contributed by atoms with E-state index in [1.807, 2.05) is 13.8 Å². The van der Waals surface area contributed by atoms with Crippen molar-refractivity contribution in [1.82, 2.24) is 9.69 Å². The fourth-order valence-electron chi connectivity index (χ4n) is 1.48. The standard InChI is InChI=1S/C12H18N4OS/c1-7(2)5-6-14-12-9(10(13)16-18-12)11(17)15-8-3-4-8/h5,8,14H,3-4,6H2,1-2H3,(H2,13,16)(H,15,17). The summed E-state index contributed by atoms with van der Waals surface area (Å²) in [6, 6.07) is 0.322. The Morgan fingerprint density at radius 2 is 2.28 bits per heavy atom. The van der Waals surface area contributed by atoms with Crippen LogP contribution in [0.2, 0.25) is 0 Å². The molecule has 1 heterocycles. The summed E-state index contributed by atoms with van der Waals surface area (Å²) in [4.78, 5) is 12.0. The second-order valence-electron chi connectivity index (χ2n) is 4.68. The number of allylic oxidation sites excluding steroid dienone is 1. The van der Waals surface area contributed by atoms with Gasteiger partial charge in [-0.25, -0.2) is 0 Å². The summed E-state index contributed by atoms with van der Waals surface area (Å²) in [5.41, 5.74) is 7.46. The lowest BCUT2D eigenvalue weighted by Crippen LogP contribution is -2.26. The normalized spacial score (nSPS) is 14.1. The first-order valence-corrected chi connectivity index (χ1v) is 6.78. The maximum Gasteiger partial charge on any atom is 0.258 e. The Hall–Kier alpha value is -1.56. The number of anilines is 2. The predicted molar refractivity (Wildman–Crippen MR) is 74.9 cm³/mol. The third kappa shape index (κ3) is 3.22. The molecule has 0 radical (unpaired) electrons. The number of carbonyl (C=O) groups is 1. The molecular weight excluding hydrogens is 248 g/mol. The van der Waals surface area contributed by atoms with Crippen LogP contribution in [0.3, 0.4) is 0 Å². The Balaban J connectivity index is 2.05. The Labute approximate surface area is 111 Å². The van der Waals surface area contributed by atoms with Crippen molar-refractivity contribution in [2.45, 2.75) is 32.7 Å². The van der Waals surface area contributed by atoms with Crippen LogP contribution in [0.15, 0.2) is 11.6 Å². The van der Waals surface area contributed by atoms with Gasteiger partial charge >= 0.3 is 0 Å². The summed E-state index contributed by atoms with van der Waals surface area (Å²) in [5, 5.41) is 6.85. The molecule has 0 saturated heterocycles. The molecule has 2 rings (SSSR count). The lowest BCUT2D eigenvalue weighted by Gasteiger charge is -2.06. The predicted octanol–water partition coefficient (Wildman–Crippen LogP) is 2.00. The van der Waals surface area contributed by atoms with E-state index in [9.17, 15) is 4.79 Å². The first kappa shape index (κ1) is 12.9. The molecule has 4 N–H and O–H groups in total. The Kier molecular flexibility index (Phi) is 3.86. The maximum atomic E-state index is 12.0. The number of amides is 1. The van der Waals surface area contributed by atoms with Crippen LogP contribution >= 0.6 is 11.5 Å². The Bertz CT molecular complexity index is 472. The summed E-state index contributed by atoms with van der Waals surface area (Å²) < 4.78 is 4.04. The van der Waals surface area contributed by atoms with Crippen molar-refractivity contribution < 1.29 is 4.79 Å². The molecule has 0 atom stereocenters. The number of aromatic nitrogens is 1. The number of nitrogen functional groups attached to an aromatic ring is 1. The molecule has 98 valence electrons. The highest BCUT2D eigenvalue weighted by atomic mass is 32.1. The van der Waals surface area contributed by atoms with Crippen LogP contribution < -0.4 is 16.4 Å². The number of hydrogen-bond donors (Lipinski definition) is 3. The third-order valence-corrected chi connectivity index (χ3v) is 3.45. The zero-order chi connectivity index (χ0) is 13.1. The zero-order valence-electron chi connectivity index (χ0n) is 10.6. The molecule has 1 aliphatic carbocycles. The first-order chi connectivity index (χ1) is 8.58. The summed E-state index contributed by atoms with van der Waals surface area (Å²) in [5.74, 6) is 0.182. The molecule has 1 aromatic rings. The minimum absolute atomic E-state index is 0.122. The number of nitrogens with one attached hydrogen (secondary N) is 2. The third-order valence-electron chi connectivity index (χ3n) is 2.63. The van der Waals surface area contributed by atoms with E-state index in [1.54, 1.807) is 0 Å². The molecule has 0 aliphatic heterocycles. The number of nitrogens with two attached hydrogens (primary N) is 1. The van der Waals surface area contributed by atoms with Gasteiger partial charge in [0.15, 0.2) is 5.82 Å². The van der Waals surface area contributed by atoms with Gasteiger partial charge in [-0.2, -0.15) is 4.37 Å². The van der Waals surface area contributed by atoms with E-state index in [0.717, 1.165) is 17.8 Å². The van der Waals surface area contributed by atoms with Gasteiger partial charge in [-0.1, -0.05) is 11.6 Å². The smallest absolute Gasteiger partial charge is 0.258 e. The maximum absolute atomic E-state index is 12.0. The van der Waals surface area contributed by atoms with Crippen molar-refractivity contribution in [2.75, 3.05) is 17.6 Å². The minimum atomic E-state index is -0.122. The Morgan fingerprint density at radius 1 is 1.56 bits per heavy atom. The van der Waals surface area contributed by atoms with Crippen LogP contribution in [0.4, 0.5) is 10.8 Å². The molecule has 6 heteroatoms. The second-order valence-corrected chi connectivity index (χ2v) is 5.46. The topological polar surface area (TPSA) is 80.0 Å². The van der Waals surface area contributed by atoms with Gasteiger partial charge in [0, 0.05) is 12.6 Å². The molecule has 1 amide bonds. The van der Waals surface area contributed by atoms with Gasteiger partial charge in [0.1, 0.15) is 10.6 Å². The lowest BCUT2D eigenvalue weighted by molar-refractivity contribution is 0.0953. The fraction of sp³-hybridized carbons (Fsp3) is 0.500. The van der Waals surface area contributed by atoms with Gasteiger partial charge in [-0.15, -0.1) is 0 Å². The second kappa shape index (κ2) is 5.39. The quantitative estimate of drug-likeness (QED) is 0.712. The fourth-order valence-corrected chi connectivity index (χ4v) is 2.19. The highest BCUT2D eigenvalue weighted by molar-refractivity contribution is 7.11. The average molecular weight is 266 g/mol. The summed E-state index contributed by atoms with van der Waals surface area (Å²) >= 11 is 1.23. The van der Waals surface area contributed by atoms with Crippen molar-refractivity contribution in [3.8, 4) is 0 Å². The van der Waals surface area contributed by atoms with Crippen LogP contribution in [0.1, 0.15) is 37.0 Å². The van der Waals surface area contributed by atoms with Gasteiger partial charge in [-0.3, -0.25) is 4.79 Å². The molecule has 18 heavy (non-hydrogen) atoms. The van der Waals surface area contributed by atoms with E-state index in [-0.39, 0.29) is 5.91 Å². The number of rotatable bonds is 5. The zero-order valence-corrected chi connectivity index (χ0v) is 11.4. The van der Waals surface area contributed by atoms with E-state index in [4.69, 9.17) is 5.73 Å².